The minimum absolute atomic E-state index is 0.0369. The predicted octanol–water partition coefficient (Wildman–Crippen LogP) is 2.01. The van der Waals surface area contributed by atoms with Gasteiger partial charge in [-0.3, -0.25) is 19.9 Å². The fraction of sp³-hybridized carbons (Fsp3) is 0.143. The number of carbonyl (C=O) groups excluding carboxylic acids is 1. The lowest BCUT2D eigenvalue weighted by Crippen LogP contribution is -2.14. The highest BCUT2D eigenvalue weighted by Crippen LogP contribution is 2.25. The molecular formula is C14H14N4O3. The summed E-state index contributed by atoms with van der Waals surface area (Å²) >= 11 is 0. The zero-order valence-corrected chi connectivity index (χ0v) is 11.4. The van der Waals surface area contributed by atoms with E-state index < -0.39 is 4.92 Å². The number of anilines is 1. The molecule has 2 rings (SSSR count). The van der Waals surface area contributed by atoms with Crippen LogP contribution in [0.2, 0.25) is 0 Å². The van der Waals surface area contributed by atoms with Crippen molar-refractivity contribution >= 4 is 17.3 Å². The molecule has 21 heavy (non-hydrogen) atoms. The average Bonchev–Trinajstić information content (AvgIpc) is 2.49. The Morgan fingerprint density at radius 2 is 2.19 bits per heavy atom. The van der Waals surface area contributed by atoms with Gasteiger partial charge in [-0.15, -0.1) is 0 Å². The normalized spacial score (nSPS) is 10.2. The molecule has 1 aromatic heterocycles. The van der Waals surface area contributed by atoms with E-state index in [0.717, 1.165) is 0 Å². The molecule has 0 aliphatic heterocycles. The Balaban J connectivity index is 2.27. The minimum Gasteiger partial charge on any atom is -0.325 e. The lowest BCUT2D eigenvalue weighted by atomic mass is 10.1. The summed E-state index contributed by atoms with van der Waals surface area (Å²) in [6.45, 7) is 1.82. The second kappa shape index (κ2) is 6.10. The standard InChI is InChI=1S/C14H14N4O3/c1-9-12(3-2-4-13(9)18(20)21)17-14(19)10-5-6-16-11(7-10)8-15/h2-7H,8,15H2,1H3,(H,17,19). The van der Waals surface area contributed by atoms with Gasteiger partial charge in [-0.05, 0) is 25.1 Å². The summed E-state index contributed by atoms with van der Waals surface area (Å²) < 4.78 is 0. The van der Waals surface area contributed by atoms with Gasteiger partial charge in [-0.2, -0.15) is 0 Å². The molecule has 3 N–H and O–H groups in total. The number of hydrogen-bond acceptors (Lipinski definition) is 5. The molecule has 108 valence electrons. The first kappa shape index (κ1) is 14.6. The molecule has 0 bridgehead atoms. The van der Waals surface area contributed by atoms with Crippen LogP contribution in [0, 0.1) is 17.0 Å². The van der Waals surface area contributed by atoms with Crippen molar-refractivity contribution in [1.82, 2.24) is 4.98 Å². The van der Waals surface area contributed by atoms with Crippen LogP contribution < -0.4 is 11.1 Å². The molecule has 1 amide bonds. The number of pyridine rings is 1. The molecule has 1 heterocycles. The number of amides is 1. The number of nitrogens with zero attached hydrogens (tertiary/aromatic N) is 2. The van der Waals surface area contributed by atoms with E-state index in [-0.39, 0.29) is 18.1 Å². The van der Waals surface area contributed by atoms with Gasteiger partial charge in [0.05, 0.1) is 21.9 Å². The molecule has 7 heteroatoms. The molecule has 0 spiro atoms. The first-order valence-electron chi connectivity index (χ1n) is 6.23. The number of rotatable bonds is 4. The molecule has 1 aromatic carbocycles. The van der Waals surface area contributed by atoms with Crippen LogP contribution in [0.1, 0.15) is 21.6 Å². The van der Waals surface area contributed by atoms with Gasteiger partial charge in [-0.1, -0.05) is 6.07 Å². The number of benzene rings is 1. The van der Waals surface area contributed by atoms with Crippen molar-refractivity contribution in [1.29, 1.82) is 0 Å². The molecule has 0 radical (unpaired) electrons. The van der Waals surface area contributed by atoms with Gasteiger partial charge in [0.2, 0.25) is 0 Å². The van der Waals surface area contributed by atoms with E-state index in [9.17, 15) is 14.9 Å². The Morgan fingerprint density at radius 1 is 1.43 bits per heavy atom. The van der Waals surface area contributed by atoms with Crippen molar-refractivity contribution in [2.24, 2.45) is 5.73 Å². The lowest BCUT2D eigenvalue weighted by Gasteiger charge is -2.09. The zero-order chi connectivity index (χ0) is 15.4. The van der Waals surface area contributed by atoms with Crippen molar-refractivity contribution in [2.45, 2.75) is 13.5 Å². The molecule has 2 aromatic rings. The van der Waals surface area contributed by atoms with E-state index in [2.05, 4.69) is 10.3 Å². The zero-order valence-electron chi connectivity index (χ0n) is 11.4. The summed E-state index contributed by atoms with van der Waals surface area (Å²) in [5.41, 5.74) is 7.25. The Hall–Kier alpha value is -2.80. The van der Waals surface area contributed by atoms with Crippen LogP contribution in [0.3, 0.4) is 0 Å². The summed E-state index contributed by atoms with van der Waals surface area (Å²) in [6, 6.07) is 7.68. The quantitative estimate of drug-likeness (QED) is 0.659. The number of hydrogen-bond donors (Lipinski definition) is 2. The summed E-state index contributed by atoms with van der Waals surface area (Å²) in [5, 5.41) is 13.5. The first-order valence-corrected chi connectivity index (χ1v) is 6.23. The smallest absolute Gasteiger partial charge is 0.274 e. The fourth-order valence-corrected chi connectivity index (χ4v) is 1.88. The predicted molar refractivity (Wildman–Crippen MR) is 77.9 cm³/mol. The Bertz CT molecular complexity index is 700. The highest BCUT2D eigenvalue weighted by molar-refractivity contribution is 6.04. The molecule has 0 aliphatic rings. The molecule has 0 saturated carbocycles. The van der Waals surface area contributed by atoms with Crippen LogP contribution in [0.5, 0.6) is 0 Å². The Labute approximate surface area is 121 Å². The van der Waals surface area contributed by atoms with Gasteiger partial charge in [-0.25, -0.2) is 0 Å². The van der Waals surface area contributed by atoms with Gasteiger partial charge in [0.25, 0.3) is 11.6 Å². The Kier molecular flexibility index (Phi) is 4.24. The van der Waals surface area contributed by atoms with Crippen molar-refractivity contribution in [3.63, 3.8) is 0 Å². The van der Waals surface area contributed by atoms with E-state index in [4.69, 9.17) is 5.73 Å². The summed E-state index contributed by atoms with van der Waals surface area (Å²) in [4.78, 5) is 26.6. The van der Waals surface area contributed by atoms with E-state index in [1.54, 1.807) is 25.1 Å². The lowest BCUT2D eigenvalue weighted by molar-refractivity contribution is -0.385. The Morgan fingerprint density at radius 3 is 2.86 bits per heavy atom. The second-order valence-corrected chi connectivity index (χ2v) is 4.40. The highest BCUT2D eigenvalue weighted by Gasteiger charge is 2.15. The van der Waals surface area contributed by atoms with Gasteiger partial charge >= 0.3 is 0 Å². The number of nitrogens with one attached hydrogen (secondary N) is 1. The maximum atomic E-state index is 12.2. The second-order valence-electron chi connectivity index (χ2n) is 4.40. The first-order chi connectivity index (χ1) is 10.0. The molecule has 0 saturated heterocycles. The largest absolute Gasteiger partial charge is 0.325 e. The van der Waals surface area contributed by atoms with Gasteiger partial charge < -0.3 is 11.1 Å². The average molecular weight is 286 g/mol. The van der Waals surface area contributed by atoms with Crippen LogP contribution >= 0.6 is 0 Å². The summed E-state index contributed by atoms with van der Waals surface area (Å²) in [5.74, 6) is -0.365. The maximum Gasteiger partial charge on any atom is 0.274 e. The van der Waals surface area contributed by atoms with Crippen molar-refractivity contribution in [3.8, 4) is 0 Å². The van der Waals surface area contributed by atoms with Crippen molar-refractivity contribution in [3.05, 3.63) is 63.5 Å². The summed E-state index contributed by atoms with van der Waals surface area (Å²) in [6.07, 6.45) is 1.50. The molecule has 0 aliphatic carbocycles. The van der Waals surface area contributed by atoms with Crippen LogP contribution in [-0.4, -0.2) is 15.8 Å². The third-order valence-electron chi connectivity index (χ3n) is 3.04. The van der Waals surface area contributed by atoms with Crippen LogP contribution in [0.4, 0.5) is 11.4 Å². The van der Waals surface area contributed by atoms with E-state index in [1.807, 2.05) is 0 Å². The van der Waals surface area contributed by atoms with Crippen LogP contribution in [0.15, 0.2) is 36.5 Å². The molecule has 0 fully saturated rings. The molecule has 0 atom stereocenters. The van der Waals surface area contributed by atoms with Crippen molar-refractivity contribution < 1.29 is 9.72 Å². The van der Waals surface area contributed by atoms with E-state index in [0.29, 0.717) is 22.5 Å². The number of nitro groups is 1. The molecule has 7 nitrogen and oxygen atoms in total. The minimum atomic E-state index is -0.482. The number of carbonyl (C=O) groups is 1. The third kappa shape index (κ3) is 3.21. The van der Waals surface area contributed by atoms with Gasteiger partial charge in [0.1, 0.15) is 0 Å². The number of nitro benzene ring substituents is 1. The van der Waals surface area contributed by atoms with Crippen LogP contribution in [-0.2, 0) is 6.54 Å². The highest BCUT2D eigenvalue weighted by atomic mass is 16.6. The van der Waals surface area contributed by atoms with E-state index in [1.165, 1.54) is 18.3 Å². The summed E-state index contributed by atoms with van der Waals surface area (Å²) in [7, 11) is 0. The van der Waals surface area contributed by atoms with Gasteiger partial charge in [0, 0.05) is 24.4 Å². The molecular weight excluding hydrogens is 272 g/mol. The topological polar surface area (TPSA) is 111 Å². The molecule has 0 unspecified atom stereocenters. The van der Waals surface area contributed by atoms with Crippen molar-refractivity contribution in [2.75, 3.05) is 5.32 Å². The van der Waals surface area contributed by atoms with Gasteiger partial charge in [0.15, 0.2) is 0 Å². The third-order valence-corrected chi connectivity index (χ3v) is 3.04. The van der Waals surface area contributed by atoms with Crippen LogP contribution in [0.25, 0.3) is 0 Å². The monoisotopic (exact) mass is 286 g/mol. The maximum absolute atomic E-state index is 12.2. The number of aromatic nitrogens is 1. The number of nitrogens with two attached hydrogens (primary N) is 1. The SMILES string of the molecule is Cc1c(NC(=O)c2ccnc(CN)c2)cccc1[N+](=O)[O-]. The van der Waals surface area contributed by atoms with E-state index >= 15 is 0 Å². The fourth-order valence-electron chi connectivity index (χ4n) is 1.88.